The molecule has 0 unspecified atom stereocenters. The van der Waals surface area contributed by atoms with Gasteiger partial charge in [0.2, 0.25) is 0 Å². The van der Waals surface area contributed by atoms with Crippen LogP contribution in [-0.2, 0) is 0 Å². The summed E-state index contributed by atoms with van der Waals surface area (Å²) in [5, 5.41) is 25.9. The molecule has 0 spiro atoms. The van der Waals surface area contributed by atoms with Gasteiger partial charge in [-0.1, -0.05) is 11.3 Å². The van der Waals surface area contributed by atoms with Crippen LogP contribution in [0.5, 0.6) is 0 Å². The fourth-order valence-electron chi connectivity index (χ4n) is 2.14. The first-order valence-corrected chi connectivity index (χ1v) is 6.51. The zero-order valence-corrected chi connectivity index (χ0v) is 11.6. The molecule has 2 N–H and O–H groups in total. The molecule has 0 radical (unpaired) electrons. The smallest absolute Gasteiger partial charge is 0.358 e. The monoisotopic (exact) mass is 310 g/mol. The molecule has 0 aliphatic heterocycles. The largest absolute Gasteiger partial charge is 0.478 e. The molecule has 0 fully saturated rings. The zero-order valence-electron chi connectivity index (χ0n) is 11.6. The molecule has 3 aromatic rings. The lowest BCUT2D eigenvalue weighted by molar-refractivity contribution is 0.0683. The molecular formula is C15H10N4O4. The van der Waals surface area contributed by atoms with Crippen LogP contribution < -0.4 is 0 Å². The van der Waals surface area contributed by atoms with Gasteiger partial charge in [0.25, 0.3) is 0 Å². The highest BCUT2D eigenvalue weighted by Crippen LogP contribution is 2.25. The van der Waals surface area contributed by atoms with Crippen molar-refractivity contribution in [1.82, 2.24) is 20.0 Å². The van der Waals surface area contributed by atoms with Crippen molar-refractivity contribution in [2.45, 2.75) is 0 Å². The SMILES string of the molecule is O=C(O)c1cccc(-n2nnc(C(=O)O)c2-c2cccnc2)c1. The number of aromatic carboxylic acids is 2. The molecule has 0 atom stereocenters. The Labute approximate surface area is 129 Å². The minimum Gasteiger partial charge on any atom is -0.478 e. The fourth-order valence-corrected chi connectivity index (χ4v) is 2.14. The van der Waals surface area contributed by atoms with E-state index in [4.69, 9.17) is 5.11 Å². The van der Waals surface area contributed by atoms with Crippen LogP contribution in [0.15, 0.2) is 48.8 Å². The number of benzene rings is 1. The molecule has 8 nitrogen and oxygen atoms in total. The molecule has 2 aromatic heterocycles. The number of nitrogens with zero attached hydrogens (tertiary/aromatic N) is 4. The Kier molecular flexibility index (Phi) is 3.55. The van der Waals surface area contributed by atoms with Crippen LogP contribution in [0, 0.1) is 0 Å². The lowest BCUT2D eigenvalue weighted by Gasteiger charge is -2.07. The summed E-state index contributed by atoms with van der Waals surface area (Å²) in [5.74, 6) is -2.32. The van der Waals surface area contributed by atoms with Crippen molar-refractivity contribution >= 4 is 11.9 Å². The Morgan fingerprint density at radius 2 is 1.87 bits per heavy atom. The van der Waals surface area contributed by atoms with E-state index in [2.05, 4.69) is 15.3 Å². The number of aromatic nitrogens is 4. The van der Waals surface area contributed by atoms with Gasteiger partial charge in [0.05, 0.1) is 11.3 Å². The zero-order chi connectivity index (χ0) is 16.4. The van der Waals surface area contributed by atoms with Gasteiger partial charge in [0, 0.05) is 18.0 Å². The number of carboxylic acids is 2. The van der Waals surface area contributed by atoms with E-state index in [0.29, 0.717) is 11.3 Å². The summed E-state index contributed by atoms with van der Waals surface area (Å²) in [7, 11) is 0. The third kappa shape index (κ3) is 2.64. The Bertz CT molecular complexity index is 890. The van der Waals surface area contributed by atoms with Gasteiger partial charge in [0.15, 0.2) is 5.69 Å². The third-order valence-corrected chi connectivity index (χ3v) is 3.15. The number of hydrogen-bond acceptors (Lipinski definition) is 5. The summed E-state index contributed by atoms with van der Waals surface area (Å²) in [6.45, 7) is 0. The van der Waals surface area contributed by atoms with Crippen molar-refractivity contribution in [3.05, 3.63) is 60.0 Å². The summed E-state index contributed by atoms with van der Waals surface area (Å²) < 4.78 is 1.28. The predicted molar refractivity (Wildman–Crippen MR) is 78.5 cm³/mol. The second-order valence-corrected chi connectivity index (χ2v) is 4.60. The van der Waals surface area contributed by atoms with E-state index in [1.54, 1.807) is 30.5 Å². The Hall–Kier alpha value is -3.55. The van der Waals surface area contributed by atoms with Gasteiger partial charge in [0.1, 0.15) is 5.69 Å². The van der Waals surface area contributed by atoms with Crippen LogP contribution in [0.3, 0.4) is 0 Å². The first-order valence-electron chi connectivity index (χ1n) is 6.51. The first-order chi connectivity index (χ1) is 11.1. The third-order valence-electron chi connectivity index (χ3n) is 3.15. The number of rotatable bonds is 4. The fraction of sp³-hybridized carbons (Fsp3) is 0. The van der Waals surface area contributed by atoms with Crippen molar-refractivity contribution < 1.29 is 19.8 Å². The van der Waals surface area contributed by atoms with Gasteiger partial charge in [-0.05, 0) is 30.3 Å². The van der Waals surface area contributed by atoms with Crippen LogP contribution >= 0.6 is 0 Å². The average Bonchev–Trinajstić information content (AvgIpc) is 3.01. The highest BCUT2D eigenvalue weighted by atomic mass is 16.4. The van der Waals surface area contributed by atoms with Crippen molar-refractivity contribution in [3.8, 4) is 16.9 Å². The van der Waals surface area contributed by atoms with Gasteiger partial charge in [-0.2, -0.15) is 0 Å². The quantitative estimate of drug-likeness (QED) is 0.753. The van der Waals surface area contributed by atoms with E-state index in [1.807, 2.05) is 0 Å². The maximum absolute atomic E-state index is 11.4. The van der Waals surface area contributed by atoms with Gasteiger partial charge in [-0.15, -0.1) is 5.10 Å². The summed E-state index contributed by atoms with van der Waals surface area (Å²) in [6.07, 6.45) is 3.05. The van der Waals surface area contributed by atoms with Crippen LogP contribution in [0.25, 0.3) is 16.9 Å². The average molecular weight is 310 g/mol. The van der Waals surface area contributed by atoms with Crippen molar-refractivity contribution in [2.24, 2.45) is 0 Å². The lowest BCUT2D eigenvalue weighted by Crippen LogP contribution is -2.05. The van der Waals surface area contributed by atoms with Crippen molar-refractivity contribution in [2.75, 3.05) is 0 Å². The van der Waals surface area contributed by atoms with Crippen LogP contribution in [0.2, 0.25) is 0 Å². The maximum Gasteiger partial charge on any atom is 0.358 e. The molecule has 0 saturated heterocycles. The molecule has 1 aromatic carbocycles. The maximum atomic E-state index is 11.4. The van der Waals surface area contributed by atoms with E-state index in [-0.39, 0.29) is 17.0 Å². The number of carbonyl (C=O) groups is 2. The molecule has 23 heavy (non-hydrogen) atoms. The van der Waals surface area contributed by atoms with Gasteiger partial charge >= 0.3 is 11.9 Å². The Morgan fingerprint density at radius 1 is 1.04 bits per heavy atom. The van der Waals surface area contributed by atoms with E-state index in [1.165, 1.54) is 23.0 Å². The number of hydrogen-bond donors (Lipinski definition) is 2. The van der Waals surface area contributed by atoms with Crippen LogP contribution in [0.4, 0.5) is 0 Å². The van der Waals surface area contributed by atoms with Gasteiger partial charge < -0.3 is 10.2 Å². The molecular weight excluding hydrogens is 300 g/mol. The second-order valence-electron chi connectivity index (χ2n) is 4.60. The minimum absolute atomic E-state index is 0.0620. The standard InChI is InChI=1S/C15H10N4O4/c20-14(21)9-3-1-5-11(7-9)19-13(10-4-2-6-16-8-10)12(15(22)23)17-18-19/h1-8H,(H,20,21)(H,22,23). The topological polar surface area (TPSA) is 118 Å². The van der Waals surface area contributed by atoms with Crippen LogP contribution in [-0.4, -0.2) is 42.1 Å². The summed E-state index contributed by atoms with van der Waals surface area (Å²) in [4.78, 5) is 26.5. The minimum atomic E-state index is -1.23. The molecule has 0 amide bonds. The van der Waals surface area contributed by atoms with E-state index >= 15 is 0 Å². The molecule has 114 valence electrons. The molecule has 0 bridgehead atoms. The van der Waals surface area contributed by atoms with Gasteiger partial charge in [-0.25, -0.2) is 14.3 Å². The van der Waals surface area contributed by atoms with E-state index in [9.17, 15) is 14.7 Å². The van der Waals surface area contributed by atoms with Crippen molar-refractivity contribution in [3.63, 3.8) is 0 Å². The number of carboxylic acid groups (broad SMARTS) is 2. The summed E-state index contributed by atoms with van der Waals surface area (Å²) in [5.41, 5.74) is 0.957. The lowest BCUT2D eigenvalue weighted by atomic mass is 10.1. The molecule has 8 heteroatoms. The van der Waals surface area contributed by atoms with Crippen LogP contribution in [0.1, 0.15) is 20.8 Å². The highest BCUT2D eigenvalue weighted by Gasteiger charge is 2.22. The number of pyridine rings is 1. The predicted octanol–water partition coefficient (Wildman–Crippen LogP) is 1.73. The summed E-state index contributed by atoms with van der Waals surface area (Å²) in [6, 6.07) is 9.33. The Morgan fingerprint density at radius 3 is 2.52 bits per heavy atom. The first kappa shape index (κ1) is 14.4. The molecule has 3 rings (SSSR count). The second kappa shape index (κ2) is 5.68. The normalized spacial score (nSPS) is 10.4. The Balaban J connectivity index is 2.23. The highest BCUT2D eigenvalue weighted by molar-refractivity contribution is 5.93. The van der Waals surface area contributed by atoms with E-state index < -0.39 is 11.9 Å². The van der Waals surface area contributed by atoms with E-state index in [0.717, 1.165) is 0 Å². The van der Waals surface area contributed by atoms with Gasteiger partial charge in [-0.3, -0.25) is 4.98 Å². The molecule has 0 saturated carbocycles. The molecule has 0 aliphatic rings. The van der Waals surface area contributed by atoms with Crippen molar-refractivity contribution in [1.29, 1.82) is 0 Å². The summed E-state index contributed by atoms with van der Waals surface area (Å²) >= 11 is 0. The molecule has 0 aliphatic carbocycles. The molecule has 2 heterocycles.